The van der Waals surface area contributed by atoms with Crippen LogP contribution < -0.4 is 10.1 Å². The molecule has 0 spiro atoms. The van der Waals surface area contributed by atoms with Gasteiger partial charge in [0.1, 0.15) is 12.0 Å². The molecule has 2 amide bonds. The summed E-state index contributed by atoms with van der Waals surface area (Å²) >= 11 is 0. The van der Waals surface area contributed by atoms with E-state index in [1.807, 2.05) is 0 Å². The summed E-state index contributed by atoms with van der Waals surface area (Å²) in [6.07, 6.45) is 0.750. The molecule has 1 aromatic carbocycles. The van der Waals surface area contributed by atoms with Crippen molar-refractivity contribution in [2.45, 2.75) is 19.5 Å². The summed E-state index contributed by atoms with van der Waals surface area (Å²) in [5.41, 5.74) is 1.30. The number of rotatable bonds is 4. The van der Waals surface area contributed by atoms with Crippen molar-refractivity contribution in [2.24, 2.45) is 0 Å². The Balaban J connectivity index is 2.25. The zero-order valence-electron chi connectivity index (χ0n) is 11.4. The highest BCUT2D eigenvalue weighted by molar-refractivity contribution is 6.00. The van der Waals surface area contributed by atoms with Crippen LogP contribution in [0.15, 0.2) is 18.2 Å². The number of benzene rings is 1. The molecule has 0 aromatic heterocycles. The highest BCUT2D eigenvalue weighted by Crippen LogP contribution is 2.22. The minimum Gasteiger partial charge on any atom is -0.496 e. The number of carbonyl (C=O) groups excluding carboxylic acids is 3. The summed E-state index contributed by atoms with van der Waals surface area (Å²) in [4.78, 5) is 35.6. The number of piperazine rings is 1. The lowest BCUT2D eigenvalue weighted by Gasteiger charge is -2.31. The number of amides is 2. The fraction of sp³-hybridized carbons (Fsp3) is 0.357. The molecule has 6 nitrogen and oxygen atoms in total. The SMILES string of the molecule is COc1ccc(C=O)cc1CN1CC(=O)NC(=O)C1C. The van der Waals surface area contributed by atoms with Crippen molar-refractivity contribution in [1.29, 1.82) is 0 Å². The average molecular weight is 276 g/mol. The van der Waals surface area contributed by atoms with Gasteiger partial charge in [0.2, 0.25) is 11.8 Å². The zero-order chi connectivity index (χ0) is 14.7. The number of ether oxygens (including phenoxy) is 1. The number of aldehydes is 1. The van der Waals surface area contributed by atoms with Crippen molar-refractivity contribution in [3.63, 3.8) is 0 Å². The first-order valence-corrected chi connectivity index (χ1v) is 6.25. The molecule has 20 heavy (non-hydrogen) atoms. The quantitative estimate of drug-likeness (QED) is 0.634. The van der Waals surface area contributed by atoms with Gasteiger partial charge in [0.15, 0.2) is 0 Å². The van der Waals surface area contributed by atoms with Crippen LogP contribution in [0.4, 0.5) is 0 Å². The minimum atomic E-state index is -0.405. The summed E-state index contributed by atoms with van der Waals surface area (Å²) in [5.74, 6) is -0.00778. The van der Waals surface area contributed by atoms with E-state index in [0.717, 1.165) is 11.8 Å². The molecule has 1 aromatic rings. The molecule has 1 saturated heterocycles. The van der Waals surface area contributed by atoms with Crippen molar-refractivity contribution < 1.29 is 19.1 Å². The second-order valence-electron chi connectivity index (χ2n) is 4.68. The van der Waals surface area contributed by atoms with Crippen molar-refractivity contribution in [1.82, 2.24) is 10.2 Å². The largest absolute Gasteiger partial charge is 0.496 e. The van der Waals surface area contributed by atoms with Crippen LogP contribution in [0, 0.1) is 0 Å². The first kappa shape index (κ1) is 14.2. The van der Waals surface area contributed by atoms with E-state index in [-0.39, 0.29) is 18.4 Å². The normalized spacial score (nSPS) is 19.6. The zero-order valence-corrected chi connectivity index (χ0v) is 11.4. The number of imide groups is 1. The molecule has 1 fully saturated rings. The molecule has 1 atom stereocenters. The van der Waals surface area contributed by atoms with Gasteiger partial charge in [0.25, 0.3) is 0 Å². The van der Waals surface area contributed by atoms with Gasteiger partial charge in [-0.1, -0.05) is 0 Å². The van der Waals surface area contributed by atoms with Crippen LogP contribution >= 0.6 is 0 Å². The molecule has 1 unspecified atom stereocenters. The molecule has 1 N–H and O–H groups in total. The lowest BCUT2D eigenvalue weighted by Crippen LogP contribution is -2.56. The van der Waals surface area contributed by atoms with Crippen LogP contribution in [-0.4, -0.2) is 42.7 Å². The van der Waals surface area contributed by atoms with Crippen molar-refractivity contribution in [3.8, 4) is 5.75 Å². The Morgan fingerprint density at radius 1 is 1.45 bits per heavy atom. The van der Waals surface area contributed by atoms with E-state index in [0.29, 0.717) is 17.9 Å². The van der Waals surface area contributed by atoms with Crippen LogP contribution in [0.1, 0.15) is 22.8 Å². The third-order valence-electron chi connectivity index (χ3n) is 3.35. The second kappa shape index (κ2) is 5.83. The van der Waals surface area contributed by atoms with Crippen LogP contribution in [0.2, 0.25) is 0 Å². The predicted molar refractivity (Wildman–Crippen MR) is 71.4 cm³/mol. The van der Waals surface area contributed by atoms with E-state index < -0.39 is 6.04 Å². The maximum Gasteiger partial charge on any atom is 0.243 e. The van der Waals surface area contributed by atoms with E-state index in [2.05, 4.69) is 5.32 Å². The summed E-state index contributed by atoms with van der Waals surface area (Å²) in [5, 5.41) is 2.29. The van der Waals surface area contributed by atoms with Gasteiger partial charge in [-0.15, -0.1) is 0 Å². The van der Waals surface area contributed by atoms with E-state index in [9.17, 15) is 14.4 Å². The van der Waals surface area contributed by atoms with E-state index in [1.165, 1.54) is 7.11 Å². The molecule has 1 aliphatic rings. The third-order valence-corrected chi connectivity index (χ3v) is 3.35. The van der Waals surface area contributed by atoms with Gasteiger partial charge < -0.3 is 4.74 Å². The first-order valence-electron chi connectivity index (χ1n) is 6.25. The summed E-state index contributed by atoms with van der Waals surface area (Å²) in [6, 6.07) is 4.66. The monoisotopic (exact) mass is 276 g/mol. The van der Waals surface area contributed by atoms with Gasteiger partial charge in [0, 0.05) is 17.7 Å². The van der Waals surface area contributed by atoms with Crippen LogP contribution in [0.25, 0.3) is 0 Å². The summed E-state index contributed by atoms with van der Waals surface area (Å²) < 4.78 is 5.25. The Morgan fingerprint density at radius 2 is 2.20 bits per heavy atom. The third kappa shape index (κ3) is 2.85. The molecule has 0 aliphatic carbocycles. The molecule has 106 valence electrons. The molecule has 6 heteroatoms. The fourth-order valence-corrected chi connectivity index (χ4v) is 2.18. The van der Waals surface area contributed by atoms with Gasteiger partial charge in [0.05, 0.1) is 19.7 Å². The number of carbonyl (C=O) groups is 3. The van der Waals surface area contributed by atoms with Crippen LogP contribution in [0.5, 0.6) is 5.75 Å². The summed E-state index contributed by atoms with van der Waals surface area (Å²) in [7, 11) is 1.54. The van der Waals surface area contributed by atoms with Crippen molar-refractivity contribution >= 4 is 18.1 Å². The molecule has 0 radical (unpaired) electrons. The highest BCUT2D eigenvalue weighted by Gasteiger charge is 2.30. The maximum absolute atomic E-state index is 11.6. The first-order chi connectivity index (χ1) is 9.55. The Kier molecular flexibility index (Phi) is 4.14. The smallest absolute Gasteiger partial charge is 0.243 e. The molecular weight excluding hydrogens is 260 g/mol. The molecule has 0 bridgehead atoms. The Morgan fingerprint density at radius 3 is 2.85 bits per heavy atom. The molecule has 2 rings (SSSR count). The van der Waals surface area contributed by atoms with Gasteiger partial charge in [-0.3, -0.25) is 24.6 Å². The topological polar surface area (TPSA) is 75.7 Å². The molecule has 1 aliphatic heterocycles. The molecular formula is C14H16N2O4. The second-order valence-corrected chi connectivity index (χ2v) is 4.68. The van der Waals surface area contributed by atoms with Crippen LogP contribution in [0.3, 0.4) is 0 Å². The van der Waals surface area contributed by atoms with E-state index in [1.54, 1.807) is 30.0 Å². The Bertz CT molecular complexity index is 556. The number of nitrogens with one attached hydrogen (secondary N) is 1. The maximum atomic E-state index is 11.6. The van der Waals surface area contributed by atoms with Gasteiger partial charge in [-0.2, -0.15) is 0 Å². The lowest BCUT2D eigenvalue weighted by atomic mass is 10.1. The summed E-state index contributed by atoms with van der Waals surface area (Å²) in [6.45, 7) is 2.24. The molecule has 0 saturated carbocycles. The van der Waals surface area contributed by atoms with Crippen molar-refractivity contribution in [2.75, 3.05) is 13.7 Å². The number of methoxy groups -OCH3 is 1. The van der Waals surface area contributed by atoms with Gasteiger partial charge in [-0.05, 0) is 25.1 Å². The average Bonchev–Trinajstić information content (AvgIpc) is 2.44. The number of hydrogen-bond acceptors (Lipinski definition) is 5. The van der Waals surface area contributed by atoms with Crippen molar-refractivity contribution in [3.05, 3.63) is 29.3 Å². The van der Waals surface area contributed by atoms with Gasteiger partial charge in [-0.25, -0.2) is 0 Å². The Hall–Kier alpha value is -2.21. The van der Waals surface area contributed by atoms with Gasteiger partial charge >= 0.3 is 0 Å². The highest BCUT2D eigenvalue weighted by atomic mass is 16.5. The van der Waals surface area contributed by atoms with E-state index in [4.69, 9.17) is 4.74 Å². The number of nitrogens with zero attached hydrogens (tertiary/aromatic N) is 1. The molecule has 1 heterocycles. The fourth-order valence-electron chi connectivity index (χ4n) is 2.18. The van der Waals surface area contributed by atoms with E-state index >= 15 is 0 Å². The minimum absolute atomic E-state index is 0.140. The lowest BCUT2D eigenvalue weighted by molar-refractivity contribution is -0.139. The standard InChI is InChI=1S/C14H16N2O4/c1-9-14(19)15-13(18)7-16(9)6-11-5-10(8-17)3-4-12(11)20-2/h3-5,8-9H,6-7H2,1-2H3,(H,15,18,19). The number of hydrogen-bond donors (Lipinski definition) is 1. The predicted octanol–water partition coefficient (Wildman–Crippen LogP) is 0.355. The van der Waals surface area contributed by atoms with Crippen LogP contribution in [-0.2, 0) is 16.1 Å². The Labute approximate surface area is 116 Å².